The molecule has 0 aromatic carbocycles. The van der Waals surface area contributed by atoms with Gasteiger partial charge in [-0.25, -0.2) is 4.79 Å². The van der Waals surface area contributed by atoms with Crippen molar-refractivity contribution in [3.8, 4) is 0 Å². The molecule has 17 heavy (non-hydrogen) atoms. The summed E-state index contributed by atoms with van der Waals surface area (Å²) in [6, 6.07) is 2.95. The normalized spacial score (nSPS) is 10.4. The molecule has 0 radical (unpaired) electrons. The number of hydrogen-bond donors (Lipinski definition) is 2. The van der Waals surface area contributed by atoms with E-state index in [4.69, 9.17) is 15.3 Å². The number of carbonyl (C=O) groups excluding carboxylic acids is 1. The zero-order valence-electron chi connectivity index (χ0n) is 8.88. The maximum absolute atomic E-state index is 12.0. The standard InChI is InChI=1S/C10H9N3O4/c1-5-7(11)8(13(12-5)10(15)16)9(14)6-3-2-4-17-6/h2-4H,11H2,1H3,(H,15,16). The molecule has 0 amide bonds. The minimum Gasteiger partial charge on any atom is -0.463 e. The summed E-state index contributed by atoms with van der Waals surface area (Å²) >= 11 is 0. The van der Waals surface area contributed by atoms with E-state index in [-0.39, 0.29) is 22.8 Å². The van der Waals surface area contributed by atoms with Gasteiger partial charge < -0.3 is 15.3 Å². The molecule has 0 spiro atoms. The number of ketones is 1. The van der Waals surface area contributed by atoms with Crippen LogP contribution in [0, 0.1) is 6.92 Å². The Morgan fingerprint density at radius 1 is 1.53 bits per heavy atom. The van der Waals surface area contributed by atoms with Gasteiger partial charge in [-0.2, -0.15) is 9.78 Å². The highest BCUT2D eigenvalue weighted by Gasteiger charge is 2.25. The third kappa shape index (κ3) is 1.67. The van der Waals surface area contributed by atoms with E-state index in [1.807, 2.05) is 0 Å². The molecule has 2 heterocycles. The molecular formula is C10H9N3O4. The van der Waals surface area contributed by atoms with Crippen molar-refractivity contribution in [2.75, 3.05) is 5.73 Å². The average Bonchev–Trinajstić information content (AvgIpc) is 2.88. The number of nitrogen functional groups attached to an aromatic ring is 1. The highest BCUT2D eigenvalue weighted by Crippen LogP contribution is 2.20. The summed E-state index contributed by atoms with van der Waals surface area (Å²) in [6.07, 6.45) is -0.0581. The van der Waals surface area contributed by atoms with Crippen LogP contribution in [0.4, 0.5) is 10.5 Å². The van der Waals surface area contributed by atoms with Crippen molar-refractivity contribution in [1.29, 1.82) is 0 Å². The molecule has 2 aromatic rings. The number of nitrogens with two attached hydrogens (primary N) is 1. The largest absolute Gasteiger partial charge is 0.463 e. The number of furan rings is 1. The highest BCUT2D eigenvalue weighted by atomic mass is 16.4. The summed E-state index contributed by atoms with van der Waals surface area (Å²) in [5.41, 5.74) is 5.75. The van der Waals surface area contributed by atoms with Gasteiger partial charge in [-0.05, 0) is 19.1 Å². The van der Waals surface area contributed by atoms with Crippen LogP contribution in [0.3, 0.4) is 0 Å². The van der Waals surface area contributed by atoms with E-state index in [0.717, 1.165) is 0 Å². The monoisotopic (exact) mass is 235 g/mol. The lowest BCUT2D eigenvalue weighted by Gasteiger charge is -2.00. The lowest BCUT2D eigenvalue weighted by Crippen LogP contribution is -2.18. The molecule has 0 unspecified atom stereocenters. The van der Waals surface area contributed by atoms with Crippen LogP contribution >= 0.6 is 0 Å². The van der Waals surface area contributed by atoms with Gasteiger partial charge in [-0.15, -0.1) is 0 Å². The van der Waals surface area contributed by atoms with Gasteiger partial charge in [0.1, 0.15) is 5.69 Å². The van der Waals surface area contributed by atoms with Gasteiger partial charge >= 0.3 is 6.09 Å². The predicted octanol–water partition coefficient (Wildman–Crippen LogP) is 1.12. The number of aryl methyl sites for hydroxylation is 1. The van der Waals surface area contributed by atoms with Crippen LogP contribution in [0.25, 0.3) is 0 Å². The van der Waals surface area contributed by atoms with Gasteiger partial charge in [-0.1, -0.05) is 0 Å². The molecule has 2 aromatic heterocycles. The zero-order valence-corrected chi connectivity index (χ0v) is 8.88. The molecule has 0 bridgehead atoms. The fraction of sp³-hybridized carbons (Fsp3) is 0.100. The third-order valence-electron chi connectivity index (χ3n) is 2.25. The molecule has 0 fully saturated rings. The number of carbonyl (C=O) groups is 2. The molecule has 88 valence electrons. The van der Waals surface area contributed by atoms with Crippen molar-refractivity contribution in [1.82, 2.24) is 9.78 Å². The first-order valence-corrected chi connectivity index (χ1v) is 4.69. The van der Waals surface area contributed by atoms with Gasteiger partial charge in [0, 0.05) is 0 Å². The van der Waals surface area contributed by atoms with Gasteiger partial charge in [0.15, 0.2) is 5.76 Å². The molecule has 3 N–H and O–H groups in total. The number of anilines is 1. The molecule has 7 heteroatoms. The molecule has 7 nitrogen and oxygen atoms in total. The molecular weight excluding hydrogens is 226 g/mol. The topological polar surface area (TPSA) is 111 Å². The fourth-order valence-electron chi connectivity index (χ4n) is 1.42. The predicted molar refractivity (Wildman–Crippen MR) is 56.9 cm³/mol. The summed E-state index contributed by atoms with van der Waals surface area (Å²) < 4.78 is 5.46. The molecule has 0 aliphatic heterocycles. The summed E-state index contributed by atoms with van der Waals surface area (Å²) in [7, 11) is 0. The van der Waals surface area contributed by atoms with E-state index in [2.05, 4.69) is 5.10 Å². The first-order valence-electron chi connectivity index (χ1n) is 4.69. The van der Waals surface area contributed by atoms with E-state index in [0.29, 0.717) is 4.68 Å². The van der Waals surface area contributed by atoms with Crippen LogP contribution in [-0.2, 0) is 0 Å². The minimum absolute atomic E-state index is 0.0131. The van der Waals surface area contributed by atoms with E-state index in [1.54, 1.807) is 0 Å². The van der Waals surface area contributed by atoms with Crippen molar-refractivity contribution in [3.05, 3.63) is 35.5 Å². The molecule has 0 aliphatic carbocycles. The van der Waals surface area contributed by atoms with Gasteiger partial charge in [0.2, 0.25) is 5.78 Å². The second-order valence-corrected chi connectivity index (χ2v) is 3.35. The Hall–Kier alpha value is -2.57. The van der Waals surface area contributed by atoms with Crippen LogP contribution in [0.15, 0.2) is 22.8 Å². The fourth-order valence-corrected chi connectivity index (χ4v) is 1.42. The Balaban J connectivity index is 2.59. The van der Waals surface area contributed by atoms with Gasteiger partial charge in [0.25, 0.3) is 0 Å². The second-order valence-electron chi connectivity index (χ2n) is 3.35. The quantitative estimate of drug-likeness (QED) is 0.754. The van der Waals surface area contributed by atoms with Crippen molar-refractivity contribution in [2.45, 2.75) is 6.92 Å². The summed E-state index contributed by atoms with van der Waals surface area (Å²) in [4.78, 5) is 22.9. The summed E-state index contributed by atoms with van der Waals surface area (Å²) in [6.45, 7) is 1.52. The van der Waals surface area contributed by atoms with Crippen molar-refractivity contribution in [2.24, 2.45) is 0 Å². The number of nitrogens with zero attached hydrogens (tertiary/aromatic N) is 2. The van der Waals surface area contributed by atoms with E-state index >= 15 is 0 Å². The Bertz CT molecular complexity index is 583. The van der Waals surface area contributed by atoms with Crippen LogP contribution < -0.4 is 5.73 Å². The van der Waals surface area contributed by atoms with Crippen molar-refractivity contribution in [3.63, 3.8) is 0 Å². The van der Waals surface area contributed by atoms with Gasteiger partial charge in [-0.3, -0.25) is 4.79 Å². The Morgan fingerprint density at radius 3 is 2.76 bits per heavy atom. The van der Waals surface area contributed by atoms with E-state index < -0.39 is 11.9 Å². The second kappa shape index (κ2) is 3.78. The van der Waals surface area contributed by atoms with Crippen molar-refractivity contribution >= 4 is 17.6 Å². The van der Waals surface area contributed by atoms with Crippen LogP contribution in [-0.4, -0.2) is 26.8 Å². The lowest BCUT2D eigenvalue weighted by molar-refractivity contribution is 0.0998. The number of rotatable bonds is 2. The Kier molecular flexibility index (Phi) is 2.43. The van der Waals surface area contributed by atoms with Crippen LogP contribution in [0.1, 0.15) is 21.9 Å². The molecule has 0 saturated carbocycles. The smallest absolute Gasteiger partial charge is 0.432 e. The van der Waals surface area contributed by atoms with Crippen LogP contribution in [0.2, 0.25) is 0 Å². The first-order chi connectivity index (χ1) is 8.02. The van der Waals surface area contributed by atoms with Crippen molar-refractivity contribution < 1.29 is 19.1 Å². The lowest BCUT2D eigenvalue weighted by atomic mass is 10.2. The van der Waals surface area contributed by atoms with E-state index in [9.17, 15) is 9.59 Å². The first kappa shape index (κ1) is 10.9. The summed E-state index contributed by atoms with van der Waals surface area (Å²) in [5, 5.41) is 12.6. The molecule has 0 saturated heterocycles. The number of carboxylic acid groups (broad SMARTS) is 1. The van der Waals surface area contributed by atoms with Crippen LogP contribution in [0.5, 0.6) is 0 Å². The molecule has 0 aliphatic rings. The summed E-state index contributed by atoms with van der Waals surface area (Å²) in [5.74, 6) is -0.602. The molecule has 0 atom stereocenters. The third-order valence-corrected chi connectivity index (χ3v) is 2.25. The Labute approximate surface area is 95.4 Å². The van der Waals surface area contributed by atoms with Gasteiger partial charge in [0.05, 0.1) is 17.6 Å². The number of aromatic nitrogens is 2. The highest BCUT2D eigenvalue weighted by molar-refractivity contribution is 6.10. The Morgan fingerprint density at radius 2 is 2.24 bits per heavy atom. The van der Waals surface area contributed by atoms with E-state index in [1.165, 1.54) is 25.3 Å². The minimum atomic E-state index is -1.38. The SMILES string of the molecule is Cc1nn(C(=O)O)c(C(=O)c2ccco2)c1N. The average molecular weight is 235 g/mol. The maximum atomic E-state index is 12.0. The molecule has 2 rings (SSSR count). The maximum Gasteiger partial charge on any atom is 0.432 e. The zero-order chi connectivity index (χ0) is 12.6. The number of hydrogen-bond acceptors (Lipinski definition) is 5.